The second kappa shape index (κ2) is 9.77. The van der Waals surface area contributed by atoms with E-state index in [1.54, 1.807) is 12.1 Å². The lowest BCUT2D eigenvalue weighted by Crippen LogP contribution is -2.40. The molecule has 2 aromatic carbocycles. The number of carbonyl (C=O) groups excluding carboxylic acids is 1. The first-order valence-corrected chi connectivity index (χ1v) is 10.1. The van der Waals surface area contributed by atoms with Gasteiger partial charge in [-0.05, 0) is 74.8 Å². The SMILES string of the molecule is CCOc1ccc(C(=O)NC[C@H](c2ccc(Cl)cc2)N2CCCCC2)cc1. The summed E-state index contributed by atoms with van der Waals surface area (Å²) in [5.74, 6) is 0.718. The fraction of sp³-hybridized carbons (Fsp3) is 0.409. The lowest BCUT2D eigenvalue weighted by molar-refractivity contribution is 0.0924. The molecule has 1 heterocycles. The fourth-order valence-corrected chi connectivity index (χ4v) is 3.66. The molecule has 1 fully saturated rings. The molecule has 3 rings (SSSR count). The number of halogens is 1. The Balaban J connectivity index is 1.67. The van der Waals surface area contributed by atoms with E-state index in [0.29, 0.717) is 18.7 Å². The van der Waals surface area contributed by atoms with Gasteiger partial charge in [-0.15, -0.1) is 0 Å². The van der Waals surface area contributed by atoms with Gasteiger partial charge >= 0.3 is 0 Å². The van der Waals surface area contributed by atoms with Crippen LogP contribution in [0.5, 0.6) is 5.75 Å². The van der Waals surface area contributed by atoms with E-state index in [-0.39, 0.29) is 11.9 Å². The van der Waals surface area contributed by atoms with Gasteiger partial charge in [-0.3, -0.25) is 9.69 Å². The van der Waals surface area contributed by atoms with Crippen molar-refractivity contribution >= 4 is 17.5 Å². The highest BCUT2D eigenvalue weighted by molar-refractivity contribution is 6.30. The van der Waals surface area contributed by atoms with Crippen LogP contribution in [0.25, 0.3) is 0 Å². The van der Waals surface area contributed by atoms with Crippen molar-refractivity contribution < 1.29 is 9.53 Å². The van der Waals surface area contributed by atoms with Crippen molar-refractivity contribution in [3.05, 3.63) is 64.7 Å². The minimum absolute atomic E-state index is 0.0611. The van der Waals surface area contributed by atoms with Crippen LogP contribution in [-0.4, -0.2) is 37.0 Å². The number of amides is 1. The van der Waals surface area contributed by atoms with Crippen molar-refractivity contribution in [2.75, 3.05) is 26.2 Å². The minimum Gasteiger partial charge on any atom is -0.494 e. The van der Waals surface area contributed by atoms with Gasteiger partial charge in [0.2, 0.25) is 0 Å². The standard InChI is InChI=1S/C22H27ClN2O2/c1-2-27-20-12-8-18(9-13-20)22(26)24-16-21(25-14-4-3-5-15-25)17-6-10-19(23)11-7-17/h6-13,21H,2-5,14-16H2,1H3,(H,24,26)/t21-/m1/s1. The number of rotatable bonds is 7. The summed E-state index contributed by atoms with van der Waals surface area (Å²) >= 11 is 6.05. The lowest BCUT2D eigenvalue weighted by Gasteiger charge is -2.35. The summed E-state index contributed by atoms with van der Waals surface area (Å²) in [7, 11) is 0. The summed E-state index contributed by atoms with van der Waals surface area (Å²) < 4.78 is 5.44. The third-order valence-corrected chi connectivity index (χ3v) is 5.22. The van der Waals surface area contributed by atoms with Crippen LogP contribution in [0.1, 0.15) is 48.1 Å². The van der Waals surface area contributed by atoms with Gasteiger partial charge < -0.3 is 10.1 Å². The Morgan fingerprint density at radius 3 is 2.37 bits per heavy atom. The second-order valence-corrected chi connectivity index (χ2v) is 7.27. The highest BCUT2D eigenvalue weighted by Crippen LogP contribution is 2.25. The molecular formula is C22H27ClN2O2. The minimum atomic E-state index is -0.0611. The van der Waals surface area contributed by atoms with Crippen LogP contribution in [0.2, 0.25) is 5.02 Å². The molecule has 1 saturated heterocycles. The fourth-order valence-electron chi connectivity index (χ4n) is 3.53. The lowest BCUT2D eigenvalue weighted by atomic mass is 10.0. The average Bonchev–Trinajstić information content (AvgIpc) is 2.71. The second-order valence-electron chi connectivity index (χ2n) is 6.83. The Kier molecular flexibility index (Phi) is 7.13. The molecule has 4 nitrogen and oxygen atoms in total. The molecule has 2 aromatic rings. The first-order valence-electron chi connectivity index (χ1n) is 9.68. The number of hydrogen-bond acceptors (Lipinski definition) is 3. The van der Waals surface area contributed by atoms with E-state index in [9.17, 15) is 4.79 Å². The van der Waals surface area contributed by atoms with Crippen LogP contribution in [0.15, 0.2) is 48.5 Å². The monoisotopic (exact) mass is 386 g/mol. The molecule has 0 aliphatic carbocycles. The van der Waals surface area contributed by atoms with Crippen molar-refractivity contribution in [1.29, 1.82) is 0 Å². The molecule has 1 amide bonds. The van der Waals surface area contributed by atoms with E-state index in [4.69, 9.17) is 16.3 Å². The Morgan fingerprint density at radius 2 is 1.74 bits per heavy atom. The molecule has 0 unspecified atom stereocenters. The molecule has 1 atom stereocenters. The maximum Gasteiger partial charge on any atom is 0.251 e. The number of benzene rings is 2. The normalized spacial score (nSPS) is 15.9. The number of carbonyl (C=O) groups is 1. The highest BCUT2D eigenvalue weighted by Gasteiger charge is 2.23. The molecule has 5 heteroatoms. The van der Waals surface area contributed by atoms with Crippen molar-refractivity contribution in [2.45, 2.75) is 32.2 Å². The van der Waals surface area contributed by atoms with Crippen LogP contribution in [0, 0.1) is 0 Å². The average molecular weight is 387 g/mol. The zero-order chi connectivity index (χ0) is 19.1. The van der Waals surface area contributed by atoms with E-state index < -0.39 is 0 Å². The van der Waals surface area contributed by atoms with Crippen LogP contribution < -0.4 is 10.1 Å². The zero-order valence-corrected chi connectivity index (χ0v) is 16.5. The molecular weight excluding hydrogens is 360 g/mol. The Labute approximate surface area is 166 Å². The van der Waals surface area contributed by atoms with Gasteiger partial charge in [0.05, 0.1) is 12.6 Å². The molecule has 0 aromatic heterocycles. The number of hydrogen-bond donors (Lipinski definition) is 1. The largest absolute Gasteiger partial charge is 0.494 e. The van der Waals surface area contributed by atoms with Crippen LogP contribution in [0.3, 0.4) is 0 Å². The van der Waals surface area contributed by atoms with E-state index >= 15 is 0 Å². The van der Waals surface area contributed by atoms with Gasteiger partial charge in [0.25, 0.3) is 5.91 Å². The van der Waals surface area contributed by atoms with E-state index in [2.05, 4.69) is 22.3 Å². The summed E-state index contributed by atoms with van der Waals surface area (Å²) in [4.78, 5) is 15.1. The van der Waals surface area contributed by atoms with Crippen molar-refractivity contribution in [3.63, 3.8) is 0 Å². The molecule has 0 bridgehead atoms. The maximum absolute atomic E-state index is 12.6. The van der Waals surface area contributed by atoms with Crippen molar-refractivity contribution in [1.82, 2.24) is 10.2 Å². The van der Waals surface area contributed by atoms with Crippen LogP contribution >= 0.6 is 11.6 Å². The first-order chi connectivity index (χ1) is 13.2. The maximum atomic E-state index is 12.6. The Bertz CT molecular complexity index is 725. The Morgan fingerprint density at radius 1 is 1.07 bits per heavy atom. The molecule has 0 spiro atoms. The topological polar surface area (TPSA) is 41.6 Å². The molecule has 144 valence electrons. The predicted octanol–water partition coefficient (Wildman–Crippen LogP) is 4.70. The van der Waals surface area contributed by atoms with Crippen LogP contribution in [0.4, 0.5) is 0 Å². The smallest absolute Gasteiger partial charge is 0.251 e. The van der Waals surface area contributed by atoms with E-state index in [1.165, 1.54) is 24.8 Å². The number of piperidine rings is 1. The summed E-state index contributed by atoms with van der Waals surface area (Å²) in [5.41, 5.74) is 1.83. The summed E-state index contributed by atoms with van der Waals surface area (Å²) in [6.45, 7) is 5.26. The quantitative estimate of drug-likeness (QED) is 0.750. The van der Waals surface area contributed by atoms with E-state index in [1.807, 2.05) is 31.2 Å². The van der Waals surface area contributed by atoms with Crippen LogP contribution in [-0.2, 0) is 0 Å². The van der Waals surface area contributed by atoms with Crippen molar-refractivity contribution in [2.24, 2.45) is 0 Å². The number of nitrogens with one attached hydrogen (secondary N) is 1. The van der Waals surface area contributed by atoms with Gasteiger partial charge in [0.1, 0.15) is 5.75 Å². The molecule has 0 saturated carbocycles. The van der Waals surface area contributed by atoms with Gasteiger partial charge in [0.15, 0.2) is 0 Å². The first kappa shape index (κ1) is 19.7. The van der Waals surface area contributed by atoms with E-state index in [0.717, 1.165) is 23.9 Å². The molecule has 0 radical (unpaired) electrons. The Hall–Kier alpha value is -2.04. The zero-order valence-electron chi connectivity index (χ0n) is 15.8. The predicted molar refractivity (Wildman–Crippen MR) is 110 cm³/mol. The number of likely N-dealkylation sites (tertiary alicyclic amines) is 1. The van der Waals surface area contributed by atoms with Crippen molar-refractivity contribution in [3.8, 4) is 5.75 Å². The summed E-state index contributed by atoms with van der Waals surface area (Å²) in [5, 5.41) is 3.84. The summed E-state index contributed by atoms with van der Waals surface area (Å²) in [6.07, 6.45) is 3.69. The number of ether oxygens (including phenoxy) is 1. The number of nitrogens with zero attached hydrogens (tertiary/aromatic N) is 1. The third kappa shape index (κ3) is 5.47. The van der Waals surface area contributed by atoms with Gasteiger partial charge in [-0.2, -0.15) is 0 Å². The molecule has 1 aliphatic heterocycles. The molecule has 27 heavy (non-hydrogen) atoms. The van der Waals surface area contributed by atoms with Gasteiger partial charge in [-0.25, -0.2) is 0 Å². The van der Waals surface area contributed by atoms with Gasteiger partial charge in [-0.1, -0.05) is 30.2 Å². The molecule has 1 aliphatic rings. The highest BCUT2D eigenvalue weighted by atomic mass is 35.5. The summed E-state index contributed by atoms with van der Waals surface area (Å²) in [6, 6.07) is 15.4. The van der Waals surface area contributed by atoms with Gasteiger partial charge in [0, 0.05) is 17.1 Å². The molecule has 1 N–H and O–H groups in total. The third-order valence-electron chi connectivity index (χ3n) is 4.97.